The summed E-state index contributed by atoms with van der Waals surface area (Å²) in [4.78, 5) is 12.3. The highest BCUT2D eigenvalue weighted by molar-refractivity contribution is 7.92. The number of esters is 1. The van der Waals surface area contributed by atoms with Crippen molar-refractivity contribution in [2.75, 3.05) is 11.8 Å². The molecule has 2 aromatic rings. The maximum atomic E-state index is 13.6. The van der Waals surface area contributed by atoms with Crippen molar-refractivity contribution in [3.8, 4) is 0 Å². The number of anilines is 1. The van der Waals surface area contributed by atoms with Crippen molar-refractivity contribution in [3.63, 3.8) is 0 Å². The van der Waals surface area contributed by atoms with Gasteiger partial charge in [-0.1, -0.05) is 53.7 Å². The number of hydrogen-bond donors (Lipinski definition) is 1. The molecule has 0 saturated carbocycles. The Morgan fingerprint density at radius 1 is 0.867 bits per heavy atom. The zero-order valence-corrected chi connectivity index (χ0v) is 20.0. The summed E-state index contributed by atoms with van der Waals surface area (Å²) >= 11 is 0. The van der Waals surface area contributed by atoms with Crippen molar-refractivity contribution >= 4 is 21.7 Å². The average molecular weight is 432 g/mol. The molecular weight excluding hydrogens is 398 g/mol. The third-order valence-electron chi connectivity index (χ3n) is 5.10. The largest absolute Gasteiger partial charge is 0.465 e. The van der Waals surface area contributed by atoms with Gasteiger partial charge in [0.05, 0.1) is 17.6 Å². The lowest BCUT2D eigenvalue weighted by atomic mass is 9.89. The topological polar surface area (TPSA) is 72.5 Å². The van der Waals surface area contributed by atoms with E-state index < -0.39 is 16.0 Å². The first kappa shape index (κ1) is 23.9. The van der Waals surface area contributed by atoms with Gasteiger partial charge < -0.3 is 4.74 Å². The summed E-state index contributed by atoms with van der Waals surface area (Å²) in [5.74, 6) is -0.137. The van der Waals surface area contributed by atoms with Crippen LogP contribution in [0.4, 0.5) is 5.69 Å². The van der Waals surface area contributed by atoms with Crippen LogP contribution in [0.2, 0.25) is 0 Å². The van der Waals surface area contributed by atoms with Crippen LogP contribution in [0.25, 0.3) is 0 Å². The van der Waals surface area contributed by atoms with Crippen molar-refractivity contribution in [2.45, 2.75) is 71.1 Å². The zero-order valence-electron chi connectivity index (χ0n) is 19.2. The van der Waals surface area contributed by atoms with Gasteiger partial charge in [0.15, 0.2) is 0 Å². The van der Waals surface area contributed by atoms with Crippen LogP contribution in [0.3, 0.4) is 0 Å². The number of carbonyl (C=O) groups is 1. The van der Waals surface area contributed by atoms with E-state index in [0.717, 1.165) is 22.3 Å². The second-order valence-corrected chi connectivity index (χ2v) is 10.3. The molecule has 6 heteroatoms. The molecule has 0 amide bonds. The van der Waals surface area contributed by atoms with Gasteiger partial charge in [0.1, 0.15) is 0 Å². The molecule has 164 valence electrons. The summed E-state index contributed by atoms with van der Waals surface area (Å²) in [5, 5.41) is 0. The highest BCUT2D eigenvalue weighted by Gasteiger charge is 2.27. The van der Waals surface area contributed by atoms with E-state index in [2.05, 4.69) is 18.6 Å². The first-order valence-electron chi connectivity index (χ1n) is 10.3. The molecule has 0 fully saturated rings. The average Bonchev–Trinajstić information content (AvgIpc) is 2.65. The highest BCUT2D eigenvalue weighted by Crippen LogP contribution is 2.36. The zero-order chi connectivity index (χ0) is 22.8. The standard InChI is InChI=1S/C24H33NO4S/c1-14(2)18-12-21(15(3)4)23(22(13-18)16(5)6)30(27,28)25-20-10-17(7)9-19(11-20)24(26)29-8/h9-16,25H,1-8H3. The van der Waals surface area contributed by atoms with Crippen LogP contribution in [-0.4, -0.2) is 21.5 Å². The van der Waals surface area contributed by atoms with Gasteiger partial charge in [-0.25, -0.2) is 13.2 Å². The van der Waals surface area contributed by atoms with Gasteiger partial charge in [0.2, 0.25) is 0 Å². The van der Waals surface area contributed by atoms with Crippen LogP contribution < -0.4 is 4.72 Å². The Bertz CT molecular complexity index is 1010. The van der Waals surface area contributed by atoms with E-state index in [1.54, 1.807) is 19.1 Å². The van der Waals surface area contributed by atoms with E-state index in [4.69, 9.17) is 4.74 Å². The smallest absolute Gasteiger partial charge is 0.337 e. The van der Waals surface area contributed by atoms with E-state index in [9.17, 15) is 13.2 Å². The first-order chi connectivity index (χ1) is 13.9. The van der Waals surface area contributed by atoms with Crippen molar-refractivity contribution < 1.29 is 17.9 Å². The molecule has 0 bridgehead atoms. The molecule has 0 saturated heterocycles. The van der Waals surface area contributed by atoms with E-state index >= 15 is 0 Å². The SMILES string of the molecule is COC(=O)c1cc(C)cc(NS(=O)(=O)c2c(C(C)C)cc(C(C)C)cc2C(C)C)c1. The van der Waals surface area contributed by atoms with Gasteiger partial charge in [-0.05, 0) is 65.1 Å². The van der Waals surface area contributed by atoms with Gasteiger partial charge in [0.25, 0.3) is 10.0 Å². The van der Waals surface area contributed by atoms with Gasteiger partial charge >= 0.3 is 5.97 Å². The number of carbonyl (C=O) groups excluding carboxylic acids is 1. The third-order valence-corrected chi connectivity index (χ3v) is 6.61. The second-order valence-electron chi connectivity index (χ2n) is 8.68. The molecule has 0 unspecified atom stereocenters. The van der Waals surface area contributed by atoms with Crippen LogP contribution in [-0.2, 0) is 14.8 Å². The summed E-state index contributed by atoms with van der Waals surface area (Å²) < 4.78 is 34.6. The Hall–Kier alpha value is -2.34. The molecule has 0 aliphatic heterocycles. The Labute approximate surface area is 180 Å². The number of methoxy groups -OCH3 is 1. The number of aryl methyl sites for hydroxylation is 1. The normalized spacial score (nSPS) is 12.0. The van der Waals surface area contributed by atoms with E-state index in [1.807, 2.05) is 39.8 Å². The molecule has 0 radical (unpaired) electrons. The number of ether oxygens (including phenoxy) is 1. The van der Waals surface area contributed by atoms with Crippen molar-refractivity contribution in [3.05, 3.63) is 58.1 Å². The Kier molecular flexibility index (Phi) is 7.35. The molecule has 0 aliphatic rings. The van der Waals surface area contributed by atoms with Crippen LogP contribution in [0.5, 0.6) is 0 Å². The van der Waals surface area contributed by atoms with Crippen molar-refractivity contribution in [1.29, 1.82) is 0 Å². The summed E-state index contributed by atoms with van der Waals surface area (Å²) in [5.41, 5.74) is 4.14. The molecule has 5 nitrogen and oxygen atoms in total. The molecular formula is C24H33NO4S. The maximum absolute atomic E-state index is 13.6. The lowest BCUT2D eigenvalue weighted by Gasteiger charge is -2.23. The quantitative estimate of drug-likeness (QED) is 0.550. The minimum atomic E-state index is -3.88. The number of nitrogens with one attached hydrogen (secondary N) is 1. The summed E-state index contributed by atoms with van der Waals surface area (Å²) in [6.07, 6.45) is 0. The number of benzene rings is 2. The molecule has 1 N–H and O–H groups in total. The van der Waals surface area contributed by atoms with Gasteiger partial charge in [0, 0.05) is 5.69 Å². The monoisotopic (exact) mass is 431 g/mol. The summed E-state index contributed by atoms with van der Waals surface area (Å²) in [6.45, 7) is 14.0. The summed E-state index contributed by atoms with van der Waals surface area (Å²) in [6, 6.07) is 8.89. The van der Waals surface area contributed by atoms with Crippen molar-refractivity contribution in [1.82, 2.24) is 0 Å². The maximum Gasteiger partial charge on any atom is 0.337 e. The minimum Gasteiger partial charge on any atom is -0.465 e. The van der Waals surface area contributed by atoms with Gasteiger partial charge in [-0.3, -0.25) is 4.72 Å². The summed E-state index contributed by atoms with van der Waals surface area (Å²) in [7, 11) is -2.57. The third kappa shape index (κ3) is 5.22. The molecule has 0 atom stereocenters. The van der Waals surface area contributed by atoms with Crippen LogP contribution >= 0.6 is 0 Å². The number of sulfonamides is 1. The minimum absolute atomic E-state index is 0.0379. The Morgan fingerprint density at radius 3 is 1.83 bits per heavy atom. The van der Waals surface area contributed by atoms with E-state index in [1.165, 1.54) is 13.2 Å². The Morgan fingerprint density at radius 2 is 1.40 bits per heavy atom. The molecule has 2 rings (SSSR count). The molecule has 0 aromatic heterocycles. The van der Waals surface area contributed by atoms with E-state index in [0.29, 0.717) is 22.1 Å². The lowest BCUT2D eigenvalue weighted by Crippen LogP contribution is -2.19. The number of hydrogen-bond acceptors (Lipinski definition) is 4. The number of rotatable bonds is 7. The van der Waals surface area contributed by atoms with Crippen molar-refractivity contribution in [2.24, 2.45) is 0 Å². The van der Waals surface area contributed by atoms with Crippen LogP contribution in [0, 0.1) is 6.92 Å². The van der Waals surface area contributed by atoms with E-state index in [-0.39, 0.29) is 11.8 Å². The molecule has 0 heterocycles. The molecule has 0 aliphatic carbocycles. The molecule has 0 spiro atoms. The predicted molar refractivity (Wildman–Crippen MR) is 122 cm³/mol. The molecule has 30 heavy (non-hydrogen) atoms. The fraction of sp³-hybridized carbons (Fsp3) is 0.458. The molecule has 2 aromatic carbocycles. The van der Waals surface area contributed by atoms with Gasteiger partial charge in [-0.15, -0.1) is 0 Å². The lowest BCUT2D eigenvalue weighted by molar-refractivity contribution is 0.0600. The van der Waals surface area contributed by atoms with Crippen LogP contribution in [0.15, 0.2) is 35.2 Å². The van der Waals surface area contributed by atoms with Gasteiger partial charge in [-0.2, -0.15) is 0 Å². The van der Waals surface area contributed by atoms with Crippen LogP contribution in [0.1, 0.15) is 91.9 Å². The first-order valence-corrected chi connectivity index (χ1v) is 11.8. The fourth-order valence-corrected chi connectivity index (χ4v) is 5.22. The Balaban J connectivity index is 2.68. The predicted octanol–water partition coefficient (Wildman–Crippen LogP) is 5.95. The second kappa shape index (κ2) is 9.21. The highest BCUT2D eigenvalue weighted by atomic mass is 32.2. The fourth-order valence-electron chi connectivity index (χ4n) is 3.48.